The van der Waals surface area contributed by atoms with Gasteiger partial charge < -0.3 is 14.8 Å². The molecule has 10 heteroatoms. The van der Waals surface area contributed by atoms with E-state index >= 15 is 0 Å². The van der Waals surface area contributed by atoms with Gasteiger partial charge in [0.2, 0.25) is 0 Å². The molecule has 1 amide bonds. The average molecular weight is 420 g/mol. The molecule has 0 saturated heterocycles. The number of ether oxygens (including phenoxy) is 2. The molecule has 1 aromatic heterocycles. The van der Waals surface area contributed by atoms with E-state index in [9.17, 15) is 24.5 Å². The van der Waals surface area contributed by atoms with Gasteiger partial charge in [0.25, 0.3) is 11.6 Å². The van der Waals surface area contributed by atoms with Crippen LogP contribution >= 0.6 is 11.3 Å². The number of benzene rings is 1. The first-order chi connectivity index (χ1) is 13.8. The minimum atomic E-state index is -0.866. The predicted octanol–water partition coefficient (Wildman–Crippen LogP) is 3.50. The van der Waals surface area contributed by atoms with E-state index < -0.39 is 29.4 Å². The number of aryl methyl sites for hydroxylation is 2. The maximum absolute atomic E-state index is 12.2. The van der Waals surface area contributed by atoms with Crippen LogP contribution < -0.4 is 5.32 Å². The highest BCUT2D eigenvalue weighted by Gasteiger charge is 2.20. The second-order valence-corrected chi connectivity index (χ2v) is 7.05. The Bertz CT molecular complexity index is 952. The van der Waals surface area contributed by atoms with Crippen molar-refractivity contribution in [3.8, 4) is 0 Å². The van der Waals surface area contributed by atoms with E-state index in [0.717, 1.165) is 10.9 Å². The molecule has 154 valence electrons. The van der Waals surface area contributed by atoms with E-state index in [4.69, 9.17) is 9.47 Å². The van der Waals surface area contributed by atoms with Crippen molar-refractivity contribution in [1.82, 2.24) is 0 Å². The van der Waals surface area contributed by atoms with Gasteiger partial charge in [-0.25, -0.2) is 9.59 Å². The molecular weight excluding hydrogens is 400 g/mol. The van der Waals surface area contributed by atoms with Gasteiger partial charge in [0.05, 0.1) is 22.7 Å². The number of thiophene rings is 1. The van der Waals surface area contributed by atoms with Crippen LogP contribution in [-0.2, 0) is 20.7 Å². The lowest BCUT2D eigenvalue weighted by Crippen LogP contribution is -2.21. The Hall–Kier alpha value is -3.27. The molecule has 2 rings (SSSR count). The molecule has 1 aromatic carbocycles. The quantitative estimate of drug-likeness (QED) is 0.393. The summed E-state index contributed by atoms with van der Waals surface area (Å²) >= 11 is 1.23. The molecule has 0 aliphatic heterocycles. The van der Waals surface area contributed by atoms with E-state index in [-0.39, 0.29) is 23.4 Å². The van der Waals surface area contributed by atoms with E-state index in [2.05, 4.69) is 5.32 Å². The third kappa shape index (κ3) is 5.61. The highest BCUT2D eigenvalue weighted by Crippen LogP contribution is 2.29. The van der Waals surface area contributed by atoms with Gasteiger partial charge in [-0.3, -0.25) is 14.9 Å². The van der Waals surface area contributed by atoms with E-state index in [1.165, 1.54) is 23.5 Å². The number of esters is 2. The van der Waals surface area contributed by atoms with Crippen LogP contribution in [0.5, 0.6) is 0 Å². The lowest BCUT2D eigenvalue weighted by molar-refractivity contribution is -0.385. The number of carbonyl (C=O) groups is 3. The number of anilines is 1. The molecule has 1 N–H and O–H groups in total. The molecule has 0 aliphatic carbocycles. The summed E-state index contributed by atoms with van der Waals surface area (Å²) in [5.41, 5.74) is 0.392. The number of nitro benzene ring substituents is 1. The van der Waals surface area contributed by atoms with Crippen molar-refractivity contribution < 1.29 is 28.8 Å². The summed E-state index contributed by atoms with van der Waals surface area (Å²) in [7, 11) is 0. The zero-order valence-electron chi connectivity index (χ0n) is 16.1. The normalized spacial score (nSPS) is 10.3. The molecule has 0 spiro atoms. The first-order valence-corrected chi connectivity index (χ1v) is 9.60. The Kier molecular flexibility index (Phi) is 7.43. The van der Waals surface area contributed by atoms with Crippen LogP contribution in [0.3, 0.4) is 0 Å². The van der Waals surface area contributed by atoms with Crippen molar-refractivity contribution >= 4 is 39.9 Å². The molecule has 0 unspecified atom stereocenters. The fraction of sp³-hybridized carbons (Fsp3) is 0.316. The third-order valence-electron chi connectivity index (χ3n) is 3.86. The number of carbonyl (C=O) groups excluding carboxylic acids is 3. The van der Waals surface area contributed by atoms with E-state index in [0.29, 0.717) is 17.0 Å². The largest absolute Gasteiger partial charge is 0.462 e. The van der Waals surface area contributed by atoms with Gasteiger partial charge in [0.1, 0.15) is 5.00 Å². The third-order valence-corrected chi connectivity index (χ3v) is 5.05. The van der Waals surface area contributed by atoms with Crippen LogP contribution in [0.15, 0.2) is 24.3 Å². The monoisotopic (exact) mass is 420 g/mol. The van der Waals surface area contributed by atoms with Crippen LogP contribution in [0, 0.1) is 17.0 Å². The van der Waals surface area contributed by atoms with Crippen LogP contribution in [0.1, 0.15) is 45.0 Å². The number of nitrogens with zero attached hydrogens (tertiary/aromatic N) is 1. The number of amides is 1. The Morgan fingerprint density at radius 1 is 1.14 bits per heavy atom. The maximum atomic E-state index is 12.2. The van der Waals surface area contributed by atoms with Gasteiger partial charge in [-0.2, -0.15) is 0 Å². The van der Waals surface area contributed by atoms with E-state index in [1.54, 1.807) is 19.9 Å². The highest BCUT2D eigenvalue weighted by molar-refractivity contribution is 7.16. The maximum Gasteiger partial charge on any atom is 0.341 e. The van der Waals surface area contributed by atoms with Crippen molar-refractivity contribution in [3.05, 3.63) is 55.9 Å². The molecule has 29 heavy (non-hydrogen) atoms. The fourth-order valence-corrected chi connectivity index (χ4v) is 3.38. The van der Waals surface area contributed by atoms with Crippen LogP contribution in [-0.4, -0.2) is 36.0 Å². The number of hydrogen-bond donors (Lipinski definition) is 1. The molecule has 9 nitrogen and oxygen atoms in total. The molecule has 0 aliphatic rings. The molecule has 0 fully saturated rings. The predicted molar refractivity (Wildman–Crippen MR) is 106 cm³/mol. The molecular formula is C19H20N2O7S. The standard InChI is InChI=1S/C19H20N2O7S/c1-4-13-9-14(19(24)27-5-2)17(29-13)20-16(22)10-28-18(23)12-7-6-11(3)15(8-12)21(25)26/h6-9H,4-5,10H2,1-3H3,(H,20,22). The van der Waals surface area contributed by atoms with Crippen molar-refractivity contribution in [2.24, 2.45) is 0 Å². The summed E-state index contributed by atoms with van der Waals surface area (Å²) in [6, 6.07) is 5.56. The number of nitro groups is 1. The lowest BCUT2D eigenvalue weighted by atomic mass is 10.1. The Balaban J connectivity index is 2.04. The van der Waals surface area contributed by atoms with Gasteiger partial charge in [0.15, 0.2) is 6.61 Å². The first kappa shape index (κ1) is 22.0. The number of nitrogens with one attached hydrogen (secondary N) is 1. The van der Waals surface area contributed by atoms with Gasteiger partial charge >= 0.3 is 11.9 Å². The lowest BCUT2D eigenvalue weighted by Gasteiger charge is -2.07. The first-order valence-electron chi connectivity index (χ1n) is 8.78. The van der Waals surface area contributed by atoms with Crippen molar-refractivity contribution in [1.29, 1.82) is 0 Å². The molecule has 2 aromatic rings. The number of hydrogen-bond acceptors (Lipinski definition) is 8. The summed E-state index contributed by atoms with van der Waals surface area (Å²) in [6.07, 6.45) is 0.675. The molecule has 0 atom stereocenters. The second kappa shape index (κ2) is 9.78. The summed E-state index contributed by atoms with van der Waals surface area (Å²) in [4.78, 5) is 47.6. The minimum Gasteiger partial charge on any atom is -0.462 e. The summed E-state index contributed by atoms with van der Waals surface area (Å²) in [5, 5.41) is 13.8. The van der Waals surface area contributed by atoms with Crippen LogP contribution in [0.2, 0.25) is 0 Å². The molecule has 0 radical (unpaired) electrons. The van der Waals surface area contributed by atoms with Crippen LogP contribution in [0.25, 0.3) is 0 Å². The zero-order valence-corrected chi connectivity index (χ0v) is 17.0. The second-order valence-electron chi connectivity index (χ2n) is 5.91. The molecule has 1 heterocycles. The Morgan fingerprint density at radius 2 is 1.86 bits per heavy atom. The van der Waals surface area contributed by atoms with E-state index in [1.807, 2.05) is 6.92 Å². The Morgan fingerprint density at radius 3 is 2.48 bits per heavy atom. The van der Waals surface area contributed by atoms with Crippen molar-refractivity contribution in [2.45, 2.75) is 27.2 Å². The highest BCUT2D eigenvalue weighted by atomic mass is 32.1. The van der Waals surface area contributed by atoms with Crippen molar-refractivity contribution in [2.75, 3.05) is 18.5 Å². The van der Waals surface area contributed by atoms with Gasteiger partial charge in [-0.15, -0.1) is 11.3 Å². The minimum absolute atomic E-state index is 0.0355. The van der Waals surface area contributed by atoms with Gasteiger partial charge in [-0.05, 0) is 32.4 Å². The average Bonchev–Trinajstić information content (AvgIpc) is 3.09. The van der Waals surface area contributed by atoms with Gasteiger partial charge in [0, 0.05) is 16.5 Å². The summed E-state index contributed by atoms with van der Waals surface area (Å²) < 4.78 is 9.91. The topological polar surface area (TPSA) is 125 Å². The number of rotatable bonds is 8. The summed E-state index contributed by atoms with van der Waals surface area (Å²) in [6.45, 7) is 4.73. The zero-order chi connectivity index (χ0) is 21.6. The SMILES string of the molecule is CCOC(=O)c1cc(CC)sc1NC(=O)COC(=O)c1ccc(C)c([N+](=O)[O-])c1. The van der Waals surface area contributed by atoms with Gasteiger partial charge in [-0.1, -0.05) is 13.0 Å². The molecule has 0 bridgehead atoms. The van der Waals surface area contributed by atoms with Crippen molar-refractivity contribution in [3.63, 3.8) is 0 Å². The summed E-state index contributed by atoms with van der Waals surface area (Å²) in [5.74, 6) is -2.06. The fourth-order valence-electron chi connectivity index (χ4n) is 2.38. The smallest absolute Gasteiger partial charge is 0.341 e. The van der Waals surface area contributed by atoms with Crippen LogP contribution in [0.4, 0.5) is 10.7 Å². The Labute approximate surface area is 170 Å². The molecule has 0 saturated carbocycles.